The molecule has 3 rings (SSSR count). The molecule has 0 bridgehead atoms. The van der Waals surface area contributed by atoms with Crippen LogP contribution in [-0.4, -0.2) is 10.8 Å². The van der Waals surface area contributed by atoms with E-state index in [-0.39, 0.29) is 5.69 Å². The molecule has 0 heterocycles. The van der Waals surface area contributed by atoms with Crippen molar-refractivity contribution in [1.29, 1.82) is 0 Å². The van der Waals surface area contributed by atoms with E-state index in [1.54, 1.807) is 49.4 Å². The number of carbonyl (C=O) groups is 1. The number of nitro groups is 1. The smallest absolute Gasteiger partial charge is 0.274 e. The normalized spacial score (nSPS) is 10.2. The van der Waals surface area contributed by atoms with Gasteiger partial charge >= 0.3 is 0 Å². The summed E-state index contributed by atoms with van der Waals surface area (Å²) in [6, 6.07) is 20.5. The monoisotopic (exact) mass is 348 g/mol. The first-order chi connectivity index (χ1) is 12.6. The van der Waals surface area contributed by atoms with Crippen molar-refractivity contribution in [1.82, 2.24) is 0 Å². The Bertz CT molecular complexity index is 955. The second-order valence-electron chi connectivity index (χ2n) is 5.57. The van der Waals surface area contributed by atoms with Gasteiger partial charge in [-0.1, -0.05) is 36.4 Å². The summed E-state index contributed by atoms with van der Waals surface area (Å²) in [5.74, 6) is 0.610. The summed E-state index contributed by atoms with van der Waals surface area (Å²) >= 11 is 0. The zero-order valence-electron chi connectivity index (χ0n) is 14.0. The van der Waals surface area contributed by atoms with E-state index in [2.05, 4.69) is 5.32 Å². The van der Waals surface area contributed by atoms with Gasteiger partial charge in [-0.05, 0) is 37.3 Å². The number of nitro benzene ring substituents is 1. The lowest BCUT2D eigenvalue weighted by molar-refractivity contribution is -0.385. The molecule has 0 saturated heterocycles. The van der Waals surface area contributed by atoms with Crippen LogP contribution in [0.25, 0.3) is 0 Å². The van der Waals surface area contributed by atoms with E-state index in [4.69, 9.17) is 4.74 Å². The number of ether oxygens (including phenoxy) is 1. The third-order valence-corrected chi connectivity index (χ3v) is 3.85. The second-order valence-corrected chi connectivity index (χ2v) is 5.57. The van der Waals surface area contributed by atoms with Gasteiger partial charge in [0, 0.05) is 6.07 Å². The summed E-state index contributed by atoms with van der Waals surface area (Å²) in [7, 11) is 0. The number of carbonyl (C=O) groups excluding carboxylic acids is 1. The van der Waals surface area contributed by atoms with Crippen LogP contribution in [0.1, 0.15) is 15.9 Å². The molecule has 0 aromatic heterocycles. The van der Waals surface area contributed by atoms with Crippen LogP contribution in [0, 0.1) is 17.0 Å². The van der Waals surface area contributed by atoms with Crippen LogP contribution in [0.3, 0.4) is 0 Å². The molecule has 0 fully saturated rings. The highest BCUT2D eigenvalue weighted by atomic mass is 16.6. The molecule has 0 atom stereocenters. The minimum atomic E-state index is -0.475. The van der Waals surface area contributed by atoms with Gasteiger partial charge in [0.2, 0.25) is 0 Å². The van der Waals surface area contributed by atoms with Gasteiger partial charge in [-0.3, -0.25) is 14.9 Å². The quantitative estimate of drug-likeness (QED) is 0.522. The highest BCUT2D eigenvalue weighted by Gasteiger charge is 2.17. The van der Waals surface area contributed by atoms with Gasteiger partial charge < -0.3 is 10.1 Å². The van der Waals surface area contributed by atoms with Gasteiger partial charge in [0.05, 0.1) is 21.7 Å². The van der Waals surface area contributed by atoms with Crippen LogP contribution in [0.15, 0.2) is 72.8 Å². The molecule has 1 N–H and O–H groups in total. The van der Waals surface area contributed by atoms with Crippen molar-refractivity contribution < 1.29 is 14.5 Å². The van der Waals surface area contributed by atoms with Crippen molar-refractivity contribution in [2.45, 2.75) is 6.92 Å². The predicted octanol–water partition coefficient (Wildman–Crippen LogP) is 4.95. The van der Waals surface area contributed by atoms with E-state index in [0.29, 0.717) is 28.3 Å². The molecule has 0 unspecified atom stereocenters. The fourth-order valence-electron chi connectivity index (χ4n) is 2.51. The fourth-order valence-corrected chi connectivity index (χ4v) is 2.51. The number of para-hydroxylation sites is 2. The summed E-state index contributed by atoms with van der Waals surface area (Å²) in [6.45, 7) is 1.60. The topological polar surface area (TPSA) is 81.5 Å². The number of rotatable bonds is 5. The number of benzene rings is 3. The second kappa shape index (κ2) is 7.48. The molecule has 0 saturated carbocycles. The lowest BCUT2D eigenvalue weighted by atomic mass is 10.1. The van der Waals surface area contributed by atoms with Crippen LogP contribution < -0.4 is 10.1 Å². The fraction of sp³-hybridized carbons (Fsp3) is 0.0500. The van der Waals surface area contributed by atoms with E-state index in [1.807, 2.05) is 18.2 Å². The Morgan fingerprint density at radius 2 is 1.65 bits per heavy atom. The molecule has 3 aromatic carbocycles. The van der Waals surface area contributed by atoms with Crippen molar-refractivity contribution in [3.05, 3.63) is 94.0 Å². The maximum atomic E-state index is 12.7. The van der Waals surface area contributed by atoms with Crippen LogP contribution in [-0.2, 0) is 0 Å². The Morgan fingerprint density at radius 1 is 0.962 bits per heavy atom. The highest BCUT2D eigenvalue weighted by molar-refractivity contribution is 6.06. The Labute approximate surface area is 150 Å². The SMILES string of the molecule is Cc1c(NC(=O)c2ccccc2Oc2ccccc2)cccc1[N+](=O)[O-]. The average Bonchev–Trinajstić information content (AvgIpc) is 2.64. The summed E-state index contributed by atoms with van der Waals surface area (Å²) < 4.78 is 5.79. The van der Waals surface area contributed by atoms with Crippen LogP contribution in [0.4, 0.5) is 11.4 Å². The van der Waals surface area contributed by atoms with E-state index < -0.39 is 10.8 Å². The van der Waals surface area contributed by atoms with Crippen LogP contribution in [0.2, 0.25) is 0 Å². The number of hydrogen-bond acceptors (Lipinski definition) is 4. The van der Waals surface area contributed by atoms with Gasteiger partial charge in [0.25, 0.3) is 11.6 Å². The summed E-state index contributed by atoms with van der Waals surface area (Å²) in [5, 5.41) is 13.8. The van der Waals surface area contributed by atoms with Crippen molar-refractivity contribution in [2.75, 3.05) is 5.32 Å². The third kappa shape index (κ3) is 3.70. The van der Waals surface area contributed by atoms with E-state index in [1.165, 1.54) is 12.1 Å². The molecular weight excluding hydrogens is 332 g/mol. The molecule has 6 heteroatoms. The van der Waals surface area contributed by atoms with Crippen molar-refractivity contribution in [2.24, 2.45) is 0 Å². The largest absolute Gasteiger partial charge is 0.457 e. The van der Waals surface area contributed by atoms with Crippen LogP contribution in [0.5, 0.6) is 11.5 Å². The molecule has 3 aromatic rings. The van der Waals surface area contributed by atoms with E-state index in [0.717, 1.165) is 0 Å². The van der Waals surface area contributed by atoms with Gasteiger partial charge in [-0.2, -0.15) is 0 Å². The molecule has 0 aliphatic carbocycles. The minimum Gasteiger partial charge on any atom is -0.457 e. The lowest BCUT2D eigenvalue weighted by Crippen LogP contribution is -2.14. The summed E-state index contributed by atoms with van der Waals surface area (Å²) in [5.41, 5.74) is 1.07. The Balaban J connectivity index is 1.88. The van der Waals surface area contributed by atoms with Gasteiger partial charge in [0.15, 0.2) is 0 Å². The Kier molecular flexibility index (Phi) is 4.94. The first kappa shape index (κ1) is 17.2. The number of nitrogens with one attached hydrogen (secondary N) is 1. The molecule has 0 aliphatic heterocycles. The van der Waals surface area contributed by atoms with Crippen molar-refractivity contribution in [3.63, 3.8) is 0 Å². The standard InChI is InChI=1S/C20H16N2O4/c1-14-17(11-7-12-18(14)22(24)25)21-20(23)16-10-5-6-13-19(16)26-15-8-3-2-4-9-15/h2-13H,1H3,(H,21,23). The first-order valence-electron chi connectivity index (χ1n) is 7.93. The number of hydrogen-bond donors (Lipinski definition) is 1. The number of anilines is 1. The molecule has 6 nitrogen and oxygen atoms in total. The molecule has 0 spiro atoms. The predicted molar refractivity (Wildman–Crippen MR) is 98.7 cm³/mol. The maximum absolute atomic E-state index is 12.7. The molecule has 0 radical (unpaired) electrons. The summed E-state index contributed by atoms with van der Waals surface area (Å²) in [6.07, 6.45) is 0. The summed E-state index contributed by atoms with van der Waals surface area (Å²) in [4.78, 5) is 23.3. The molecule has 130 valence electrons. The zero-order chi connectivity index (χ0) is 18.5. The maximum Gasteiger partial charge on any atom is 0.274 e. The first-order valence-corrected chi connectivity index (χ1v) is 7.93. The van der Waals surface area contributed by atoms with Crippen molar-refractivity contribution in [3.8, 4) is 11.5 Å². The third-order valence-electron chi connectivity index (χ3n) is 3.85. The Morgan fingerprint density at radius 3 is 2.38 bits per heavy atom. The van der Waals surface area contributed by atoms with Gasteiger partial charge in [0.1, 0.15) is 11.5 Å². The molecule has 1 amide bonds. The Hall–Kier alpha value is -3.67. The van der Waals surface area contributed by atoms with E-state index in [9.17, 15) is 14.9 Å². The van der Waals surface area contributed by atoms with E-state index >= 15 is 0 Å². The highest BCUT2D eigenvalue weighted by Crippen LogP contribution is 2.28. The van der Waals surface area contributed by atoms with Crippen LogP contribution >= 0.6 is 0 Å². The molecule has 0 aliphatic rings. The zero-order valence-corrected chi connectivity index (χ0v) is 14.0. The molecular formula is C20H16N2O4. The molecule has 26 heavy (non-hydrogen) atoms. The lowest BCUT2D eigenvalue weighted by Gasteiger charge is -2.12. The minimum absolute atomic E-state index is 0.0448. The number of amides is 1. The van der Waals surface area contributed by atoms with Gasteiger partial charge in [-0.25, -0.2) is 0 Å². The number of nitrogens with zero attached hydrogens (tertiary/aromatic N) is 1. The van der Waals surface area contributed by atoms with Crippen molar-refractivity contribution >= 4 is 17.3 Å². The van der Waals surface area contributed by atoms with Gasteiger partial charge in [-0.15, -0.1) is 0 Å². The average molecular weight is 348 g/mol.